The lowest BCUT2D eigenvalue weighted by atomic mass is 10.1. The standard InChI is InChI=1S/C15H20BrN3/c1-19(15(7-17)10-2-3-10)9-11-8-18-14-5-4-12(16)6-13(11)14/h4-6,8,10,15,18H,2-3,7,9,17H2,1H3. The summed E-state index contributed by atoms with van der Waals surface area (Å²) in [5.41, 5.74) is 8.47. The topological polar surface area (TPSA) is 45.0 Å². The number of nitrogens with one attached hydrogen (secondary N) is 1. The molecule has 1 unspecified atom stereocenters. The van der Waals surface area contributed by atoms with Crippen LogP contribution in [0.5, 0.6) is 0 Å². The number of benzene rings is 1. The van der Waals surface area contributed by atoms with Crippen LogP contribution in [0.2, 0.25) is 0 Å². The summed E-state index contributed by atoms with van der Waals surface area (Å²) in [6, 6.07) is 6.89. The highest BCUT2D eigenvalue weighted by Gasteiger charge is 2.32. The van der Waals surface area contributed by atoms with Crippen molar-refractivity contribution in [2.24, 2.45) is 11.7 Å². The molecule has 0 saturated heterocycles. The van der Waals surface area contributed by atoms with Crippen molar-refractivity contribution in [1.82, 2.24) is 9.88 Å². The van der Waals surface area contributed by atoms with Gasteiger partial charge in [0.1, 0.15) is 0 Å². The number of hydrogen-bond acceptors (Lipinski definition) is 2. The minimum absolute atomic E-state index is 0.525. The Bertz CT molecular complexity index is 574. The van der Waals surface area contributed by atoms with Crippen LogP contribution in [0.1, 0.15) is 18.4 Å². The lowest BCUT2D eigenvalue weighted by Gasteiger charge is -2.26. The molecule has 1 aromatic carbocycles. The molecule has 1 saturated carbocycles. The van der Waals surface area contributed by atoms with E-state index >= 15 is 0 Å². The molecule has 0 aliphatic heterocycles. The molecule has 1 heterocycles. The van der Waals surface area contributed by atoms with Gasteiger partial charge in [-0.1, -0.05) is 15.9 Å². The Labute approximate surface area is 122 Å². The van der Waals surface area contributed by atoms with Crippen molar-refractivity contribution in [3.8, 4) is 0 Å². The smallest absolute Gasteiger partial charge is 0.0458 e. The Morgan fingerprint density at radius 1 is 1.47 bits per heavy atom. The third kappa shape index (κ3) is 2.71. The fourth-order valence-corrected chi connectivity index (χ4v) is 3.24. The van der Waals surface area contributed by atoms with Gasteiger partial charge >= 0.3 is 0 Å². The first kappa shape index (κ1) is 13.2. The van der Waals surface area contributed by atoms with E-state index in [0.717, 1.165) is 23.5 Å². The number of rotatable bonds is 5. The molecular formula is C15H20BrN3. The number of likely N-dealkylation sites (N-methyl/N-ethyl adjacent to an activating group) is 1. The summed E-state index contributed by atoms with van der Waals surface area (Å²) in [6.45, 7) is 1.71. The molecular weight excluding hydrogens is 302 g/mol. The largest absolute Gasteiger partial charge is 0.361 e. The van der Waals surface area contributed by atoms with Crippen molar-refractivity contribution in [1.29, 1.82) is 0 Å². The van der Waals surface area contributed by atoms with E-state index in [-0.39, 0.29) is 0 Å². The molecule has 2 aromatic rings. The molecule has 1 aliphatic rings. The second-order valence-corrected chi connectivity index (χ2v) is 6.48. The fraction of sp³-hybridized carbons (Fsp3) is 0.467. The zero-order valence-corrected chi connectivity index (χ0v) is 12.8. The molecule has 1 atom stereocenters. The average molecular weight is 322 g/mol. The van der Waals surface area contributed by atoms with Crippen LogP contribution in [0, 0.1) is 5.92 Å². The summed E-state index contributed by atoms with van der Waals surface area (Å²) >= 11 is 3.55. The van der Waals surface area contributed by atoms with E-state index in [9.17, 15) is 0 Å². The summed E-state index contributed by atoms with van der Waals surface area (Å²) in [4.78, 5) is 5.75. The molecule has 0 radical (unpaired) electrons. The Morgan fingerprint density at radius 3 is 2.95 bits per heavy atom. The van der Waals surface area contributed by atoms with Gasteiger partial charge in [0.15, 0.2) is 0 Å². The Balaban J connectivity index is 1.82. The number of nitrogens with zero attached hydrogens (tertiary/aromatic N) is 1. The van der Waals surface area contributed by atoms with Gasteiger partial charge in [0.2, 0.25) is 0 Å². The zero-order chi connectivity index (χ0) is 13.4. The predicted octanol–water partition coefficient (Wildman–Crippen LogP) is 3.10. The van der Waals surface area contributed by atoms with Crippen molar-refractivity contribution >= 4 is 26.8 Å². The lowest BCUT2D eigenvalue weighted by Crippen LogP contribution is -2.39. The summed E-state index contributed by atoms with van der Waals surface area (Å²) in [5.74, 6) is 0.812. The van der Waals surface area contributed by atoms with Crippen molar-refractivity contribution in [2.45, 2.75) is 25.4 Å². The number of aromatic amines is 1. The number of nitrogens with two attached hydrogens (primary N) is 1. The Hall–Kier alpha value is -0.840. The molecule has 3 N–H and O–H groups in total. The highest BCUT2D eigenvalue weighted by molar-refractivity contribution is 9.10. The first-order valence-electron chi connectivity index (χ1n) is 6.85. The summed E-state index contributed by atoms with van der Waals surface area (Å²) in [5, 5.41) is 1.30. The van der Waals surface area contributed by atoms with Gasteiger partial charge in [0.25, 0.3) is 0 Å². The van der Waals surface area contributed by atoms with Crippen LogP contribution in [-0.4, -0.2) is 29.5 Å². The molecule has 3 rings (SSSR count). The minimum Gasteiger partial charge on any atom is -0.361 e. The van der Waals surface area contributed by atoms with Crippen LogP contribution < -0.4 is 5.73 Å². The van der Waals surface area contributed by atoms with E-state index in [0.29, 0.717) is 6.04 Å². The monoisotopic (exact) mass is 321 g/mol. The maximum atomic E-state index is 5.92. The molecule has 1 fully saturated rings. The van der Waals surface area contributed by atoms with Crippen molar-refractivity contribution < 1.29 is 0 Å². The summed E-state index contributed by atoms with van der Waals surface area (Å²) in [7, 11) is 2.19. The number of hydrogen-bond donors (Lipinski definition) is 2. The maximum Gasteiger partial charge on any atom is 0.0458 e. The van der Waals surface area contributed by atoms with Gasteiger partial charge in [-0.25, -0.2) is 0 Å². The van der Waals surface area contributed by atoms with Crippen LogP contribution >= 0.6 is 15.9 Å². The molecule has 3 nitrogen and oxygen atoms in total. The van der Waals surface area contributed by atoms with Gasteiger partial charge in [0.05, 0.1) is 0 Å². The van der Waals surface area contributed by atoms with E-state index in [2.05, 4.69) is 57.3 Å². The quantitative estimate of drug-likeness (QED) is 0.888. The van der Waals surface area contributed by atoms with Crippen LogP contribution in [0.25, 0.3) is 10.9 Å². The second kappa shape index (κ2) is 5.27. The van der Waals surface area contributed by atoms with Gasteiger partial charge in [-0.15, -0.1) is 0 Å². The highest BCUT2D eigenvalue weighted by atomic mass is 79.9. The maximum absolute atomic E-state index is 5.92. The summed E-state index contributed by atoms with van der Waals surface area (Å²) < 4.78 is 1.13. The van der Waals surface area contributed by atoms with Gasteiger partial charge in [-0.05, 0) is 49.6 Å². The molecule has 4 heteroatoms. The normalized spacial score (nSPS) is 17.3. The van der Waals surface area contributed by atoms with Gasteiger partial charge in [-0.2, -0.15) is 0 Å². The zero-order valence-electron chi connectivity index (χ0n) is 11.2. The predicted molar refractivity (Wildman–Crippen MR) is 83.0 cm³/mol. The van der Waals surface area contributed by atoms with Gasteiger partial charge in [0, 0.05) is 40.7 Å². The van der Waals surface area contributed by atoms with Crippen LogP contribution in [0.4, 0.5) is 0 Å². The van der Waals surface area contributed by atoms with Crippen LogP contribution in [0.15, 0.2) is 28.9 Å². The van der Waals surface area contributed by atoms with Gasteiger partial charge < -0.3 is 10.7 Å². The summed E-state index contributed by atoms with van der Waals surface area (Å²) in [6.07, 6.45) is 4.80. The molecule has 1 aliphatic carbocycles. The number of aromatic nitrogens is 1. The second-order valence-electron chi connectivity index (χ2n) is 5.56. The Morgan fingerprint density at radius 2 is 2.26 bits per heavy atom. The van der Waals surface area contributed by atoms with Crippen molar-refractivity contribution in [2.75, 3.05) is 13.6 Å². The number of fused-ring (bicyclic) bond motifs is 1. The number of halogens is 1. The molecule has 0 bridgehead atoms. The fourth-order valence-electron chi connectivity index (χ4n) is 2.88. The molecule has 0 spiro atoms. The molecule has 102 valence electrons. The van der Waals surface area contributed by atoms with Crippen LogP contribution in [-0.2, 0) is 6.54 Å². The van der Waals surface area contributed by atoms with E-state index in [1.807, 2.05) is 0 Å². The first-order valence-corrected chi connectivity index (χ1v) is 7.64. The molecule has 19 heavy (non-hydrogen) atoms. The SMILES string of the molecule is CN(Cc1c[nH]c2ccc(Br)cc12)C(CN)C1CC1. The third-order valence-corrected chi connectivity index (χ3v) is 4.62. The van der Waals surface area contributed by atoms with E-state index < -0.39 is 0 Å². The lowest BCUT2D eigenvalue weighted by molar-refractivity contribution is 0.216. The van der Waals surface area contributed by atoms with E-state index in [1.54, 1.807) is 0 Å². The van der Waals surface area contributed by atoms with E-state index in [4.69, 9.17) is 5.73 Å². The Kier molecular flexibility index (Phi) is 3.65. The third-order valence-electron chi connectivity index (χ3n) is 4.12. The molecule has 0 amide bonds. The van der Waals surface area contributed by atoms with Crippen LogP contribution in [0.3, 0.4) is 0 Å². The van der Waals surface area contributed by atoms with Crippen molar-refractivity contribution in [3.05, 3.63) is 34.4 Å². The van der Waals surface area contributed by atoms with Gasteiger partial charge in [-0.3, -0.25) is 4.90 Å². The first-order chi connectivity index (χ1) is 9.19. The molecule has 1 aromatic heterocycles. The minimum atomic E-state index is 0.525. The van der Waals surface area contributed by atoms with E-state index in [1.165, 1.54) is 29.3 Å². The van der Waals surface area contributed by atoms with Crippen molar-refractivity contribution in [3.63, 3.8) is 0 Å². The average Bonchev–Trinajstić information content (AvgIpc) is 3.14. The highest BCUT2D eigenvalue weighted by Crippen LogP contribution is 2.35. The number of H-pyrrole nitrogens is 1.